The smallest absolute Gasteiger partial charge is 0.159 e. The Balaban J connectivity index is 1.28. The average molecular weight is 507 g/mol. The minimum Gasteiger partial charge on any atom is -0.494 e. The molecular formula is C34H54N2O. The third-order valence-corrected chi connectivity index (χ3v) is 8.36. The first kappa shape index (κ1) is 29.7. The van der Waals surface area contributed by atoms with Crippen LogP contribution in [0.2, 0.25) is 0 Å². The number of rotatable bonds is 19. The first-order chi connectivity index (χ1) is 18.3. The lowest BCUT2D eigenvalue weighted by Gasteiger charge is -2.28. The van der Waals surface area contributed by atoms with Crippen molar-refractivity contribution in [3.05, 3.63) is 42.2 Å². The number of hydrogen-bond donors (Lipinski definition) is 0. The van der Waals surface area contributed by atoms with Gasteiger partial charge in [0.1, 0.15) is 5.75 Å². The molecule has 1 aromatic heterocycles. The van der Waals surface area contributed by atoms with Crippen molar-refractivity contribution in [1.29, 1.82) is 0 Å². The fraction of sp³-hybridized carbons (Fsp3) is 0.706. The Bertz CT molecular complexity index is 809. The SMILES string of the molecule is CCCCCCCCCCCOc1ccc(-c2ncc(CC[C@H]3CC[C@H](CCCCC)CC3)cn2)cc1. The zero-order chi connectivity index (χ0) is 26.0. The van der Waals surface area contributed by atoms with Crippen molar-refractivity contribution in [2.75, 3.05) is 6.61 Å². The lowest BCUT2D eigenvalue weighted by atomic mass is 9.78. The second-order valence-electron chi connectivity index (χ2n) is 11.5. The van der Waals surface area contributed by atoms with Gasteiger partial charge in [0.25, 0.3) is 0 Å². The van der Waals surface area contributed by atoms with Gasteiger partial charge in [-0.1, -0.05) is 117 Å². The summed E-state index contributed by atoms with van der Waals surface area (Å²) >= 11 is 0. The number of ether oxygens (including phenoxy) is 1. The molecule has 3 nitrogen and oxygen atoms in total. The van der Waals surface area contributed by atoms with E-state index in [1.54, 1.807) is 0 Å². The maximum absolute atomic E-state index is 5.96. The van der Waals surface area contributed by atoms with Gasteiger partial charge in [-0.15, -0.1) is 0 Å². The van der Waals surface area contributed by atoms with Crippen molar-refractivity contribution < 1.29 is 4.74 Å². The fourth-order valence-corrected chi connectivity index (χ4v) is 5.80. The molecule has 0 bridgehead atoms. The zero-order valence-electron chi connectivity index (χ0n) is 24.1. The highest BCUT2D eigenvalue weighted by atomic mass is 16.5. The molecule has 0 radical (unpaired) electrons. The Labute approximate surface area is 228 Å². The summed E-state index contributed by atoms with van der Waals surface area (Å²) in [6.07, 6.45) is 29.9. The molecule has 0 N–H and O–H groups in total. The molecule has 0 amide bonds. The number of aryl methyl sites for hydroxylation is 1. The lowest BCUT2D eigenvalue weighted by molar-refractivity contribution is 0.249. The summed E-state index contributed by atoms with van der Waals surface area (Å²) < 4.78 is 5.96. The molecule has 1 saturated carbocycles. The van der Waals surface area contributed by atoms with Crippen molar-refractivity contribution in [1.82, 2.24) is 9.97 Å². The van der Waals surface area contributed by atoms with Crippen LogP contribution in [0.3, 0.4) is 0 Å². The van der Waals surface area contributed by atoms with Crippen LogP contribution >= 0.6 is 0 Å². The molecule has 0 spiro atoms. The van der Waals surface area contributed by atoms with Crippen LogP contribution in [0.1, 0.15) is 135 Å². The number of unbranched alkanes of at least 4 members (excludes halogenated alkanes) is 10. The summed E-state index contributed by atoms with van der Waals surface area (Å²) in [5.41, 5.74) is 2.33. The summed E-state index contributed by atoms with van der Waals surface area (Å²) in [4.78, 5) is 9.34. The van der Waals surface area contributed by atoms with Crippen LogP contribution in [0.25, 0.3) is 11.4 Å². The topological polar surface area (TPSA) is 35.0 Å². The van der Waals surface area contributed by atoms with Gasteiger partial charge in [0.2, 0.25) is 0 Å². The van der Waals surface area contributed by atoms with Crippen LogP contribution in [0.15, 0.2) is 36.7 Å². The second kappa shape index (κ2) is 18.4. The van der Waals surface area contributed by atoms with Crippen molar-refractivity contribution in [3.8, 4) is 17.1 Å². The Morgan fingerprint density at radius 3 is 1.81 bits per heavy atom. The summed E-state index contributed by atoms with van der Waals surface area (Å²) in [7, 11) is 0. The first-order valence-corrected chi connectivity index (χ1v) is 15.8. The normalized spacial score (nSPS) is 17.7. The number of hydrogen-bond acceptors (Lipinski definition) is 3. The van der Waals surface area contributed by atoms with Gasteiger partial charge in [-0.05, 0) is 60.9 Å². The molecule has 1 aliphatic rings. The Hall–Kier alpha value is -1.90. The van der Waals surface area contributed by atoms with Crippen LogP contribution in [-0.4, -0.2) is 16.6 Å². The summed E-state index contributed by atoms with van der Waals surface area (Å²) in [6, 6.07) is 8.27. The van der Waals surface area contributed by atoms with Gasteiger partial charge in [-0.3, -0.25) is 0 Å². The molecule has 1 heterocycles. The molecule has 2 aromatic rings. The van der Waals surface area contributed by atoms with Crippen molar-refractivity contribution in [3.63, 3.8) is 0 Å². The van der Waals surface area contributed by atoms with E-state index in [0.717, 1.165) is 48.4 Å². The average Bonchev–Trinajstić information content (AvgIpc) is 2.94. The van der Waals surface area contributed by atoms with E-state index in [-0.39, 0.29) is 0 Å². The molecular weight excluding hydrogens is 452 g/mol. The molecule has 37 heavy (non-hydrogen) atoms. The van der Waals surface area contributed by atoms with Crippen molar-refractivity contribution >= 4 is 0 Å². The maximum atomic E-state index is 5.96. The van der Waals surface area contributed by atoms with E-state index in [4.69, 9.17) is 4.74 Å². The summed E-state index contributed by atoms with van der Waals surface area (Å²) in [5.74, 6) is 3.64. The van der Waals surface area contributed by atoms with E-state index in [1.807, 2.05) is 12.4 Å². The molecule has 1 aromatic carbocycles. The van der Waals surface area contributed by atoms with E-state index in [9.17, 15) is 0 Å². The van der Waals surface area contributed by atoms with Crippen LogP contribution in [0.4, 0.5) is 0 Å². The van der Waals surface area contributed by atoms with Gasteiger partial charge >= 0.3 is 0 Å². The largest absolute Gasteiger partial charge is 0.494 e. The summed E-state index contributed by atoms with van der Waals surface area (Å²) in [6.45, 7) is 5.39. The van der Waals surface area contributed by atoms with Gasteiger partial charge in [0.05, 0.1) is 6.61 Å². The van der Waals surface area contributed by atoms with Crippen LogP contribution in [0.5, 0.6) is 5.75 Å². The zero-order valence-corrected chi connectivity index (χ0v) is 24.1. The molecule has 1 fully saturated rings. The second-order valence-corrected chi connectivity index (χ2v) is 11.5. The molecule has 0 unspecified atom stereocenters. The van der Waals surface area contributed by atoms with E-state index < -0.39 is 0 Å². The molecule has 3 rings (SSSR count). The van der Waals surface area contributed by atoms with E-state index in [1.165, 1.54) is 115 Å². The predicted molar refractivity (Wildman–Crippen MR) is 158 cm³/mol. The van der Waals surface area contributed by atoms with Gasteiger partial charge in [0, 0.05) is 18.0 Å². The van der Waals surface area contributed by atoms with E-state index >= 15 is 0 Å². The maximum Gasteiger partial charge on any atom is 0.159 e. The van der Waals surface area contributed by atoms with Crippen LogP contribution < -0.4 is 4.74 Å². The first-order valence-electron chi connectivity index (χ1n) is 15.8. The third kappa shape index (κ3) is 12.0. The third-order valence-electron chi connectivity index (χ3n) is 8.36. The monoisotopic (exact) mass is 506 g/mol. The fourth-order valence-electron chi connectivity index (χ4n) is 5.80. The minimum absolute atomic E-state index is 0.806. The standard InChI is InChI=1S/C34H54N2O/c1-3-5-7-8-9-10-11-12-14-26-37-33-24-22-32(23-25-33)34-35-27-31(28-36-34)21-20-30-18-16-29(17-19-30)15-13-6-4-2/h22-25,27-30H,3-21,26H2,1-2H3/t29-,30-. The molecule has 0 saturated heterocycles. The Morgan fingerprint density at radius 1 is 0.649 bits per heavy atom. The minimum atomic E-state index is 0.806. The highest BCUT2D eigenvalue weighted by Gasteiger charge is 2.20. The number of benzene rings is 1. The lowest BCUT2D eigenvalue weighted by Crippen LogP contribution is -2.15. The highest BCUT2D eigenvalue weighted by Crippen LogP contribution is 2.34. The molecule has 206 valence electrons. The van der Waals surface area contributed by atoms with E-state index in [0.29, 0.717) is 0 Å². The molecule has 3 heteroatoms. The van der Waals surface area contributed by atoms with Crippen LogP contribution in [0, 0.1) is 11.8 Å². The van der Waals surface area contributed by atoms with Crippen molar-refractivity contribution in [2.45, 2.75) is 136 Å². The number of nitrogens with zero attached hydrogens (tertiary/aromatic N) is 2. The van der Waals surface area contributed by atoms with E-state index in [2.05, 4.69) is 48.1 Å². The Morgan fingerprint density at radius 2 is 1.19 bits per heavy atom. The molecule has 0 atom stereocenters. The van der Waals surface area contributed by atoms with Gasteiger partial charge < -0.3 is 4.74 Å². The highest BCUT2D eigenvalue weighted by molar-refractivity contribution is 5.55. The Kier molecular flexibility index (Phi) is 14.7. The molecule has 0 aliphatic heterocycles. The number of aromatic nitrogens is 2. The summed E-state index contributed by atoms with van der Waals surface area (Å²) in [5, 5.41) is 0. The van der Waals surface area contributed by atoms with Gasteiger partial charge in [-0.25, -0.2) is 9.97 Å². The van der Waals surface area contributed by atoms with Gasteiger partial charge in [-0.2, -0.15) is 0 Å². The molecule has 1 aliphatic carbocycles. The van der Waals surface area contributed by atoms with Gasteiger partial charge in [0.15, 0.2) is 5.82 Å². The van der Waals surface area contributed by atoms with Crippen molar-refractivity contribution in [2.24, 2.45) is 11.8 Å². The predicted octanol–water partition coefficient (Wildman–Crippen LogP) is 10.4. The quantitative estimate of drug-likeness (QED) is 0.178. The van der Waals surface area contributed by atoms with Crippen LogP contribution in [-0.2, 0) is 6.42 Å².